The Kier molecular flexibility index (Phi) is 4.86. The summed E-state index contributed by atoms with van der Waals surface area (Å²) in [6.07, 6.45) is 1.16. The summed E-state index contributed by atoms with van der Waals surface area (Å²) in [6, 6.07) is 4.86. The Morgan fingerprint density at radius 3 is 2.80 bits per heavy atom. The second-order valence-electron chi connectivity index (χ2n) is 4.85. The van der Waals surface area contributed by atoms with E-state index in [0.717, 1.165) is 0 Å². The minimum Gasteiger partial charge on any atom is -0.496 e. The minimum atomic E-state index is -0.636. The molecule has 1 aliphatic heterocycles. The van der Waals surface area contributed by atoms with E-state index >= 15 is 0 Å². The highest BCUT2D eigenvalue weighted by atomic mass is 35.5. The van der Waals surface area contributed by atoms with Crippen LogP contribution in [0.25, 0.3) is 0 Å². The van der Waals surface area contributed by atoms with Crippen LogP contribution in [0.1, 0.15) is 23.2 Å². The van der Waals surface area contributed by atoms with Gasteiger partial charge in [-0.05, 0) is 31.0 Å². The second-order valence-corrected chi connectivity index (χ2v) is 5.29. The standard InChI is InChI=1S/C14H18ClNO4/c1-19-12-3-2-10(15)8-11(12)13(18)16-14(9-17)4-6-20-7-5-14/h2-3,8,17H,4-7,9H2,1H3,(H,16,18). The summed E-state index contributed by atoms with van der Waals surface area (Å²) in [5, 5.41) is 12.9. The van der Waals surface area contributed by atoms with E-state index in [4.69, 9.17) is 21.1 Å². The Hall–Kier alpha value is -1.30. The lowest BCUT2D eigenvalue weighted by Crippen LogP contribution is -2.54. The van der Waals surface area contributed by atoms with Gasteiger partial charge < -0.3 is 19.9 Å². The largest absolute Gasteiger partial charge is 0.496 e. The van der Waals surface area contributed by atoms with Crippen LogP contribution in [-0.4, -0.2) is 43.5 Å². The van der Waals surface area contributed by atoms with Gasteiger partial charge in [0, 0.05) is 18.2 Å². The van der Waals surface area contributed by atoms with Crippen LogP contribution in [0.5, 0.6) is 5.75 Å². The number of rotatable bonds is 4. The van der Waals surface area contributed by atoms with Crippen LogP contribution in [0, 0.1) is 0 Å². The first-order valence-corrected chi connectivity index (χ1v) is 6.83. The Bertz CT molecular complexity index is 486. The molecule has 1 amide bonds. The molecule has 20 heavy (non-hydrogen) atoms. The molecule has 2 rings (SSSR count). The molecule has 1 aliphatic rings. The van der Waals surface area contributed by atoms with E-state index in [2.05, 4.69) is 5.32 Å². The van der Waals surface area contributed by atoms with Crippen molar-refractivity contribution in [2.24, 2.45) is 0 Å². The van der Waals surface area contributed by atoms with Crippen LogP contribution in [-0.2, 0) is 4.74 Å². The van der Waals surface area contributed by atoms with Crippen molar-refractivity contribution in [3.05, 3.63) is 28.8 Å². The number of hydrogen-bond donors (Lipinski definition) is 2. The van der Waals surface area contributed by atoms with Crippen LogP contribution in [0.4, 0.5) is 0 Å². The number of hydrogen-bond acceptors (Lipinski definition) is 4. The molecule has 0 saturated carbocycles. The zero-order valence-corrected chi connectivity index (χ0v) is 12.1. The summed E-state index contributed by atoms with van der Waals surface area (Å²) in [4.78, 5) is 12.4. The van der Waals surface area contributed by atoms with E-state index in [9.17, 15) is 9.90 Å². The third-order valence-electron chi connectivity index (χ3n) is 3.54. The Morgan fingerprint density at radius 2 is 2.20 bits per heavy atom. The molecule has 0 radical (unpaired) electrons. The van der Waals surface area contributed by atoms with Crippen molar-refractivity contribution in [1.82, 2.24) is 5.32 Å². The van der Waals surface area contributed by atoms with Crippen molar-refractivity contribution in [3.8, 4) is 5.75 Å². The summed E-state index contributed by atoms with van der Waals surface area (Å²) < 4.78 is 10.4. The number of methoxy groups -OCH3 is 1. The number of amides is 1. The van der Waals surface area contributed by atoms with Gasteiger partial charge in [0.2, 0.25) is 0 Å². The molecule has 1 aromatic carbocycles. The third-order valence-corrected chi connectivity index (χ3v) is 3.77. The maximum atomic E-state index is 12.4. The van der Waals surface area contributed by atoms with Crippen molar-refractivity contribution in [3.63, 3.8) is 0 Å². The molecule has 1 aromatic rings. The topological polar surface area (TPSA) is 67.8 Å². The molecule has 1 fully saturated rings. The van der Waals surface area contributed by atoms with E-state index in [-0.39, 0.29) is 12.5 Å². The monoisotopic (exact) mass is 299 g/mol. The lowest BCUT2D eigenvalue weighted by atomic mass is 9.90. The second kappa shape index (κ2) is 6.43. The van der Waals surface area contributed by atoms with Gasteiger partial charge in [0.25, 0.3) is 5.91 Å². The highest BCUT2D eigenvalue weighted by molar-refractivity contribution is 6.31. The first kappa shape index (κ1) is 15.1. The average molecular weight is 300 g/mol. The summed E-state index contributed by atoms with van der Waals surface area (Å²) in [7, 11) is 1.50. The number of nitrogens with one attached hydrogen (secondary N) is 1. The van der Waals surface area contributed by atoms with Crippen LogP contribution in [0.15, 0.2) is 18.2 Å². The molecule has 6 heteroatoms. The van der Waals surface area contributed by atoms with Crippen LogP contribution < -0.4 is 10.1 Å². The van der Waals surface area contributed by atoms with E-state index in [0.29, 0.717) is 42.4 Å². The fourth-order valence-corrected chi connectivity index (χ4v) is 2.42. The Labute approximate surface area is 122 Å². The Morgan fingerprint density at radius 1 is 1.50 bits per heavy atom. The average Bonchev–Trinajstić information content (AvgIpc) is 2.48. The van der Waals surface area contributed by atoms with Crippen molar-refractivity contribution >= 4 is 17.5 Å². The van der Waals surface area contributed by atoms with Crippen LogP contribution in [0.3, 0.4) is 0 Å². The molecule has 1 saturated heterocycles. The quantitative estimate of drug-likeness (QED) is 0.886. The summed E-state index contributed by atoms with van der Waals surface area (Å²) in [6.45, 7) is 0.923. The molecular weight excluding hydrogens is 282 g/mol. The van der Waals surface area contributed by atoms with Gasteiger partial charge in [-0.15, -0.1) is 0 Å². The molecule has 0 bridgehead atoms. The molecule has 0 spiro atoms. The lowest BCUT2D eigenvalue weighted by Gasteiger charge is -2.36. The summed E-state index contributed by atoms with van der Waals surface area (Å²) in [5.41, 5.74) is -0.276. The van der Waals surface area contributed by atoms with Crippen molar-refractivity contribution in [2.45, 2.75) is 18.4 Å². The molecule has 0 aliphatic carbocycles. The molecule has 1 heterocycles. The van der Waals surface area contributed by atoms with Crippen LogP contribution >= 0.6 is 11.6 Å². The van der Waals surface area contributed by atoms with Crippen molar-refractivity contribution in [2.75, 3.05) is 26.9 Å². The van der Waals surface area contributed by atoms with Gasteiger partial charge in [0.05, 0.1) is 24.8 Å². The number of benzene rings is 1. The maximum absolute atomic E-state index is 12.4. The predicted octanol–water partition coefficient (Wildman–Crippen LogP) is 1.62. The summed E-state index contributed by atoms with van der Waals surface area (Å²) in [5.74, 6) is 0.146. The maximum Gasteiger partial charge on any atom is 0.255 e. The van der Waals surface area contributed by atoms with Gasteiger partial charge in [-0.2, -0.15) is 0 Å². The van der Waals surface area contributed by atoms with Gasteiger partial charge in [-0.25, -0.2) is 0 Å². The van der Waals surface area contributed by atoms with E-state index in [1.807, 2.05) is 0 Å². The van der Waals surface area contributed by atoms with E-state index in [1.165, 1.54) is 7.11 Å². The van der Waals surface area contributed by atoms with Gasteiger partial charge >= 0.3 is 0 Å². The first-order valence-electron chi connectivity index (χ1n) is 6.45. The molecule has 0 atom stereocenters. The highest BCUT2D eigenvalue weighted by Gasteiger charge is 2.34. The predicted molar refractivity (Wildman–Crippen MR) is 75.3 cm³/mol. The molecule has 2 N–H and O–H groups in total. The fourth-order valence-electron chi connectivity index (χ4n) is 2.25. The number of ether oxygens (including phenoxy) is 2. The lowest BCUT2D eigenvalue weighted by molar-refractivity contribution is 0.0125. The first-order chi connectivity index (χ1) is 9.60. The van der Waals surface area contributed by atoms with Gasteiger partial charge in [-0.1, -0.05) is 11.6 Å². The zero-order chi connectivity index (χ0) is 14.6. The normalized spacial score (nSPS) is 17.6. The number of aliphatic hydroxyl groups is 1. The van der Waals surface area contributed by atoms with E-state index < -0.39 is 5.54 Å². The van der Waals surface area contributed by atoms with Crippen molar-refractivity contribution in [1.29, 1.82) is 0 Å². The molecule has 0 unspecified atom stereocenters. The molecule has 0 aromatic heterocycles. The fraction of sp³-hybridized carbons (Fsp3) is 0.500. The smallest absolute Gasteiger partial charge is 0.255 e. The number of aliphatic hydroxyl groups excluding tert-OH is 1. The molecular formula is C14H18ClNO4. The number of carbonyl (C=O) groups excluding carboxylic acids is 1. The van der Waals surface area contributed by atoms with Crippen molar-refractivity contribution < 1.29 is 19.4 Å². The SMILES string of the molecule is COc1ccc(Cl)cc1C(=O)NC1(CO)CCOCC1. The van der Waals surface area contributed by atoms with Gasteiger partial charge in [0.15, 0.2) is 0 Å². The Balaban J connectivity index is 2.20. The number of carbonyl (C=O) groups is 1. The van der Waals surface area contributed by atoms with E-state index in [1.54, 1.807) is 18.2 Å². The number of halogens is 1. The van der Waals surface area contributed by atoms with Gasteiger partial charge in [0.1, 0.15) is 5.75 Å². The van der Waals surface area contributed by atoms with Gasteiger partial charge in [-0.3, -0.25) is 4.79 Å². The highest BCUT2D eigenvalue weighted by Crippen LogP contribution is 2.25. The summed E-state index contributed by atoms with van der Waals surface area (Å²) >= 11 is 5.92. The van der Waals surface area contributed by atoms with Crippen LogP contribution in [0.2, 0.25) is 5.02 Å². The molecule has 5 nitrogen and oxygen atoms in total. The zero-order valence-electron chi connectivity index (χ0n) is 11.3. The minimum absolute atomic E-state index is 0.120. The molecule has 110 valence electrons. The third kappa shape index (κ3) is 3.23.